The van der Waals surface area contributed by atoms with E-state index < -0.39 is 0 Å². The summed E-state index contributed by atoms with van der Waals surface area (Å²) >= 11 is 5.78. The molecule has 0 bridgehead atoms. The molecule has 0 saturated carbocycles. The fourth-order valence-electron chi connectivity index (χ4n) is 2.93. The van der Waals surface area contributed by atoms with Crippen molar-refractivity contribution in [3.05, 3.63) is 40.1 Å². The second kappa shape index (κ2) is 5.78. The first-order chi connectivity index (χ1) is 10.5. The highest BCUT2D eigenvalue weighted by Gasteiger charge is 2.34. The van der Waals surface area contributed by atoms with Gasteiger partial charge < -0.3 is 14.1 Å². The predicted molar refractivity (Wildman–Crippen MR) is 81.0 cm³/mol. The van der Waals surface area contributed by atoms with E-state index in [9.17, 15) is 4.79 Å². The summed E-state index contributed by atoms with van der Waals surface area (Å²) in [5.74, 6) is 0.0685. The lowest BCUT2D eigenvalue weighted by molar-refractivity contribution is -0.00459. The summed E-state index contributed by atoms with van der Waals surface area (Å²) in [7, 11) is 1.90. The maximum Gasteiger partial charge on any atom is 0.290 e. The minimum absolute atomic E-state index is 0.168. The van der Waals surface area contributed by atoms with Gasteiger partial charge in [-0.25, -0.2) is 0 Å². The molecule has 2 aromatic rings. The first kappa shape index (κ1) is 15.1. The molecule has 7 heteroatoms. The molecule has 1 saturated heterocycles. The standard InChI is InChI=1S/C15H18ClN3O3/c1-9-14(10(2)18(3)17-9)11-8-21-7-6-19(11)15(20)12-4-5-13(16)22-12/h4-5,11H,6-8H2,1-3H3/t11-/m1/s1. The number of carbonyl (C=O) groups excluding carboxylic acids is 1. The average Bonchev–Trinajstić information content (AvgIpc) is 3.03. The van der Waals surface area contributed by atoms with Crippen LogP contribution in [0.5, 0.6) is 0 Å². The number of nitrogens with zero attached hydrogens (tertiary/aromatic N) is 3. The summed E-state index contributed by atoms with van der Waals surface area (Å²) in [5.41, 5.74) is 2.97. The summed E-state index contributed by atoms with van der Waals surface area (Å²) in [4.78, 5) is 14.5. The third-order valence-electron chi connectivity index (χ3n) is 4.07. The quantitative estimate of drug-likeness (QED) is 0.852. The van der Waals surface area contributed by atoms with Crippen LogP contribution in [0.3, 0.4) is 0 Å². The Kier molecular flexibility index (Phi) is 3.97. The van der Waals surface area contributed by atoms with Crippen LogP contribution in [0.4, 0.5) is 0 Å². The van der Waals surface area contributed by atoms with Crippen LogP contribution in [-0.4, -0.2) is 40.3 Å². The number of halogens is 1. The molecule has 6 nitrogen and oxygen atoms in total. The maximum absolute atomic E-state index is 12.7. The Labute approximate surface area is 133 Å². The highest BCUT2D eigenvalue weighted by atomic mass is 35.5. The van der Waals surface area contributed by atoms with Crippen molar-refractivity contribution < 1.29 is 13.9 Å². The molecule has 0 aliphatic carbocycles. The van der Waals surface area contributed by atoms with Crippen molar-refractivity contribution in [2.75, 3.05) is 19.8 Å². The first-order valence-electron chi connectivity index (χ1n) is 7.13. The van der Waals surface area contributed by atoms with E-state index in [0.29, 0.717) is 19.8 Å². The van der Waals surface area contributed by atoms with Crippen molar-refractivity contribution in [2.45, 2.75) is 19.9 Å². The molecule has 0 radical (unpaired) electrons. The molecule has 1 aliphatic rings. The molecule has 2 aromatic heterocycles. The van der Waals surface area contributed by atoms with Gasteiger partial charge in [0.25, 0.3) is 5.91 Å². The van der Waals surface area contributed by atoms with Crippen molar-refractivity contribution >= 4 is 17.5 Å². The third-order valence-corrected chi connectivity index (χ3v) is 4.27. The zero-order valence-corrected chi connectivity index (χ0v) is 13.6. The van der Waals surface area contributed by atoms with Crippen molar-refractivity contribution in [1.29, 1.82) is 0 Å². The number of aryl methyl sites for hydroxylation is 2. The SMILES string of the molecule is Cc1nn(C)c(C)c1[C@H]1COCCN1C(=O)c1ccc(Cl)o1. The fraction of sp³-hybridized carbons (Fsp3) is 0.467. The second-order valence-corrected chi connectivity index (χ2v) is 5.77. The highest BCUT2D eigenvalue weighted by molar-refractivity contribution is 6.29. The number of ether oxygens (including phenoxy) is 1. The van der Waals surface area contributed by atoms with Gasteiger partial charge in [0.1, 0.15) is 0 Å². The molecule has 1 fully saturated rings. The van der Waals surface area contributed by atoms with Gasteiger partial charge >= 0.3 is 0 Å². The van der Waals surface area contributed by atoms with Crippen LogP contribution in [0.1, 0.15) is 33.5 Å². The lowest BCUT2D eigenvalue weighted by Crippen LogP contribution is -2.43. The van der Waals surface area contributed by atoms with Gasteiger partial charge in [-0.15, -0.1) is 0 Å². The van der Waals surface area contributed by atoms with Crippen LogP contribution in [0.25, 0.3) is 0 Å². The molecule has 1 amide bonds. The van der Waals surface area contributed by atoms with Gasteiger partial charge in [-0.1, -0.05) is 0 Å². The van der Waals surface area contributed by atoms with Crippen LogP contribution in [0.2, 0.25) is 5.22 Å². The van der Waals surface area contributed by atoms with Crippen molar-refractivity contribution in [3.63, 3.8) is 0 Å². The summed E-state index contributed by atoms with van der Waals surface area (Å²) in [6, 6.07) is 3.00. The van der Waals surface area contributed by atoms with Crippen LogP contribution in [0.15, 0.2) is 16.5 Å². The summed E-state index contributed by atoms with van der Waals surface area (Å²) in [5, 5.41) is 4.65. The van der Waals surface area contributed by atoms with E-state index in [4.69, 9.17) is 20.8 Å². The minimum Gasteiger partial charge on any atom is -0.440 e. The van der Waals surface area contributed by atoms with Gasteiger partial charge in [-0.05, 0) is 37.6 Å². The Morgan fingerprint density at radius 2 is 2.18 bits per heavy atom. The third kappa shape index (κ3) is 2.53. The van der Waals surface area contributed by atoms with E-state index in [2.05, 4.69) is 5.10 Å². The van der Waals surface area contributed by atoms with E-state index in [0.717, 1.165) is 17.0 Å². The monoisotopic (exact) mass is 323 g/mol. The number of carbonyl (C=O) groups is 1. The second-order valence-electron chi connectivity index (χ2n) is 5.40. The van der Waals surface area contributed by atoms with E-state index in [1.54, 1.807) is 17.0 Å². The Bertz CT molecular complexity index is 707. The fourth-order valence-corrected chi connectivity index (χ4v) is 3.08. The van der Waals surface area contributed by atoms with E-state index in [-0.39, 0.29) is 22.9 Å². The predicted octanol–water partition coefficient (Wildman–Crippen LogP) is 2.50. The number of amides is 1. The zero-order valence-electron chi connectivity index (χ0n) is 12.8. The molecule has 1 aliphatic heterocycles. The summed E-state index contributed by atoms with van der Waals surface area (Å²) < 4.78 is 12.7. The molecule has 0 spiro atoms. The molecule has 3 heterocycles. The van der Waals surface area contributed by atoms with Crippen LogP contribution in [0, 0.1) is 13.8 Å². The first-order valence-corrected chi connectivity index (χ1v) is 7.51. The molecule has 118 valence electrons. The smallest absolute Gasteiger partial charge is 0.290 e. The maximum atomic E-state index is 12.7. The Balaban J connectivity index is 1.96. The minimum atomic E-state index is -0.178. The molecule has 0 aromatic carbocycles. The molecule has 0 N–H and O–H groups in total. The van der Waals surface area contributed by atoms with Gasteiger partial charge in [0, 0.05) is 24.8 Å². The Hall–Kier alpha value is -1.79. The van der Waals surface area contributed by atoms with Crippen LogP contribution >= 0.6 is 11.6 Å². The number of hydrogen-bond donors (Lipinski definition) is 0. The van der Waals surface area contributed by atoms with Gasteiger partial charge in [0.2, 0.25) is 0 Å². The number of morpholine rings is 1. The number of furan rings is 1. The van der Waals surface area contributed by atoms with Gasteiger partial charge in [-0.2, -0.15) is 5.10 Å². The number of rotatable bonds is 2. The topological polar surface area (TPSA) is 60.5 Å². The highest BCUT2D eigenvalue weighted by Crippen LogP contribution is 2.30. The van der Waals surface area contributed by atoms with E-state index in [1.807, 2.05) is 25.6 Å². The Morgan fingerprint density at radius 1 is 1.41 bits per heavy atom. The molecule has 1 atom stereocenters. The van der Waals surface area contributed by atoms with Crippen molar-refractivity contribution in [1.82, 2.24) is 14.7 Å². The van der Waals surface area contributed by atoms with Crippen LogP contribution < -0.4 is 0 Å². The molecule has 3 rings (SSSR count). The van der Waals surface area contributed by atoms with Gasteiger partial charge in [-0.3, -0.25) is 9.48 Å². The van der Waals surface area contributed by atoms with E-state index in [1.165, 1.54) is 0 Å². The van der Waals surface area contributed by atoms with Crippen molar-refractivity contribution in [3.8, 4) is 0 Å². The van der Waals surface area contributed by atoms with Gasteiger partial charge in [0.05, 0.1) is 24.9 Å². The zero-order chi connectivity index (χ0) is 15.9. The van der Waals surface area contributed by atoms with Crippen molar-refractivity contribution in [2.24, 2.45) is 7.05 Å². The van der Waals surface area contributed by atoms with Crippen LogP contribution in [-0.2, 0) is 11.8 Å². The lowest BCUT2D eigenvalue weighted by Gasteiger charge is -2.35. The average molecular weight is 324 g/mol. The molecular formula is C15H18ClN3O3. The normalized spacial score (nSPS) is 18.7. The Morgan fingerprint density at radius 3 is 2.77 bits per heavy atom. The molecular weight excluding hydrogens is 306 g/mol. The largest absolute Gasteiger partial charge is 0.440 e. The van der Waals surface area contributed by atoms with E-state index >= 15 is 0 Å². The molecule has 0 unspecified atom stereocenters. The summed E-state index contributed by atoms with van der Waals surface area (Å²) in [6.45, 7) is 5.41. The van der Waals surface area contributed by atoms with Gasteiger partial charge in [0.15, 0.2) is 11.0 Å². The number of aromatic nitrogens is 2. The number of hydrogen-bond acceptors (Lipinski definition) is 4. The lowest BCUT2D eigenvalue weighted by atomic mass is 10.0. The summed E-state index contributed by atoms with van der Waals surface area (Å²) in [6.07, 6.45) is 0. The molecule has 22 heavy (non-hydrogen) atoms.